The molecule has 0 aromatic heterocycles. The normalized spacial score (nSPS) is 21.6. The number of alkyl halides is 3. The predicted octanol–water partition coefficient (Wildman–Crippen LogP) is 2.74. The molecular weight excluding hydrogens is 205 g/mol. The van der Waals surface area contributed by atoms with Crippen molar-refractivity contribution < 1.29 is 13.2 Å². The second-order valence-electron chi connectivity index (χ2n) is 4.42. The molecule has 0 saturated heterocycles. The molecule has 1 atom stereocenters. The van der Waals surface area contributed by atoms with E-state index in [4.69, 9.17) is 5.84 Å². The molecule has 0 amide bonds. The van der Waals surface area contributed by atoms with Gasteiger partial charge in [0.15, 0.2) is 0 Å². The number of nitrogens with one attached hydrogen (secondary N) is 1. The zero-order valence-corrected chi connectivity index (χ0v) is 8.82. The molecule has 0 aromatic rings. The molecule has 1 rings (SSSR count). The minimum absolute atomic E-state index is 0.419. The Bertz CT molecular complexity index is 176. The lowest BCUT2D eigenvalue weighted by Crippen LogP contribution is -2.40. The van der Waals surface area contributed by atoms with Gasteiger partial charge in [0.05, 0.1) is 6.42 Å². The maximum Gasteiger partial charge on any atom is 0.390 e. The average molecular weight is 224 g/mol. The lowest BCUT2D eigenvalue weighted by molar-refractivity contribution is -0.141. The fourth-order valence-corrected chi connectivity index (χ4v) is 2.31. The van der Waals surface area contributed by atoms with Crippen molar-refractivity contribution in [1.29, 1.82) is 0 Å². The van der Waals surface area contributed by atoms with Crippen LogP contribution in [0.1, 0.15) is 44.9 Å². The highest BCUT2D eigenvalue weighted by molar-refractivity contribution is 4.75. The molecule has 0 aliphatic heterocycles. The SMILES string of the molecule is NNC(CC1CCCCC1)CC(F)(F)F. The first-order valence-electron chi connectivity index (χ1n) is 5.54. The fraction of sp³-hybridized carbons (Fsp3) is 1.00. The second kappa shape index (κ2) is 5.70. The summed E-state index contributed by atoms with van der Waals surface area (Å²) in [6.45, 7) is 0. The van der Waals surface area contributed by atoms with Crippen molar-refractivity contribution in [1.82, 2.24) is 5.43 Å². The van der Waals surface area contributed by atoms with Crippen molar-refractivity contribution in [3.05, 3.63) is 0 Å². The third-order valence-corrected chi connectivity index (χ3v) is 3.06. The van der Waals surface area contributed by atoms with Crippen LogP contribution in [0.3, 0.4) is 0 Å². The maximum absolute atomic E-state index is 12.2. The second-order valence-corrected chi connectivity index (χ2v) is 4.42. The Morgan fingerprint density at radius 1 is 1.20 bits per heavy atom. The van der Waals surface area contributed by atoms with E-state index in [2.05, 4.69) is 5.43 Å². The van der Waals surface area contributed by atoms with Gasteiger partial charge >= 0.3 is 6.18 Å². The van der Waals surface area contributed by atoms with Gasteiger partial charge < -0.3 is 0 Å². The number of hydrogen-bond acceptors (Lipinski definition) is 2. The molecule has 1 fully saturated rings. The summed E-state index contributed by atoms with van der Waals surface area (Å²) in [5.41, 5.74) is 2.29. The van der Waals surface area contributed by atoms with Gasteiger partial charge in [0.1, 0.15) is 0 Å². The summed E-state index contributed by atoms with van der Waals surface area (Å²) in [5.74, 6) is 5.57. The largest absolute Gasteiger partial charge is 0.390 e. The zero-order chi connectivity index (χ0) is 11.3. The standard InChI is InChI=1S/C10H19F3N2/c11-10(12,13)7-9(15-14)6-8-4-2-1-3-5-8/h8-9,15H,1-7,14H2. The molecule has 90 valence electrons. The van der Waals surface area contributed by atoms with E-state index in [-0.39, 0.29) is 0 Å². The summed E-state index contributed by atoms with van der Waals surface area (Å²) in [5, 5.41) is 0. The molecule has 1 aliphatic rings. The van der Waals surface area contributed by atoms with E-state index in [1.807, 2.05) is 0 Å². The Morgan fingerprint density at radius 3 is 2.27 bits per heavy atom. The minimum atomic E-state index is -4.12. The maximum atomic E-state index is 12.2. The van der Waals surface area contributed by atoms with Crippen molar-refractivity contribution in [3.8, 4) is 0 Å². The topological polar surface area (TPSA) is 38.0 Å². The smallest absolute Gasteiger partial charge is 0.271 e. The Balaban J connectivity index is 2.31. The quantitative estimate of drug-likeness (QED) is 0.569. The third kappa shape index (κ3) is 5.37. The van der Waals surface area contributed by atoms with E-state index in [0.717, 1.165) is 25.7 Å². The first-order chi connectivity index (χ1) is 7.01. The van der Waals surface area contributed by atoms with Gasteiger partial charge in [0, 0.05) is 6.04 Å². The summed E-state index contributed by atoms with van der Waals surface area (Å²) in [7, 11) is 0. The van der Waals surface area contributed by atoms with Crippen LogP contribution < -0.4 is 11.3 Å². The van der Waals surface area contributed by atoms with Gasteiger partial charge in [0.2, 0.25) is 0 Å². The first-order valence-corrected chi connectivity index (χ1v) is 5.54. The van der Waals surface area contributed by atoms with E-state index >= 15 is 0 Å². The van der Waals surface area contributed by atoms with E-state index in [1.54, 1.807) is 0 Å². The van der Waals surface area contributed by atoms with Gasteiger partial charge in [-0.1, -0.05) is 32.1 Å². The van der Waals surface area contributed by atoms with Crippen molar-refractivity contribution in [3.63, 3.8) is 0 Å². The summed E-state index contributed by atoms with van der Waals surface area (Å²) in [6.07, 6.45) is 1.23. The number of hydrazine groups is 1. The zero-order valence-electron chi connectivity index (χ0n) is 8.82. The molecule has 1 aliphatic carbocycles. The van der Waals surface area contributed by atoms with Crippen molar-refractivity contribution >= 4 is 0 Å². The van der Waals surface area contributed by atoms with Crippen LogP contribution in [-0.4, -0.2) is 12.2 Å². The number of nitrogens with two attached hydrogens (primary N) is 1. The molecule has 15 heavy (non-hydrogen) atoms. The van der Waals surface area contributed by atoms with Crippen LogP contribution in [0.4, 0.5) is 13.2 Å². The molecule has 5 heteroatoms. The molecular formula is C10H19F3N2. The predicted molar refractivity (Wildman–Crippen MR) is 53.0 cm³/mol. The average Bonchev–Trinajstić information content (AvgIpc) is 2.16. The highest BCUT2D eigenvalue weighted by Gasteiger charge is 2.32. The highest BCUT2D eigenvalue weighted by Crippen LogP contribution is 2.30. The van der Waals surface area contributed by atoms with Crippen LogP contribution in [-0.2, 0) is 0 Å². The molecule has 0 aromatic carbocycles. The van der Waals surface area contributed by atoms with E-state index in [1.165, 1.54) is 6.42 Å². The van der Waals surface area contributed by atoms with Crippen LogP contribution in [0.5, 0.6) is 0 Å². The number of halogens is 3. The summed E-state index contributed by atoms with van der Waals surface area (Å²) in [6, 6.07) is -0.618. The summed E-state index contributed by atoms with van der Waals surface area (Å²) < 4.78 is 36.5. The Morgan fingerprint density at radius 2 is 1.80 bits per heavy atom. The van der Waals surface area contributed by atoms with Crippen LogP contribution in [0.2, 0.25) is 0 Å². The molecule has 3 N–H and O–H groups in total. The lowest BCUT2D eigenvalue weighted by atomic mass is 9.84. The number of rotatable bonds is 4. The van der Waals surface area contributed by atoms with Gasteiger partial charge in [-0.15, -0.1) is 0 Å². The van der Waals surface area contributed by atoms with Gasteiger partial charge in [-0.05, 0) is 12.3 Å². The van der Waals surface area contributed by atoms with Crippen molar-refractivity contribution in [2.45, 2.75) is 57.2 Å². The molecule has 2 nitrogen and oxygen atoms in total. The van der Waals surface area contributed by atoms with Gasteiger partial charge in [0.25, 0.3) is 0 Å². The van der Waals surface area contributed by atoms with E-state index in [0.29, 0.717) is 12.3 Å². The van der Waals surface area contributed by atoms with Crippen LogP contribution >= 0.6 is 0 Å². The molecule has 0 spiro atoms. The van der Waals surface area contributed by atoms with Crippen LogP contribution in [0, 0.1) is 5.92 Å². The Hall–Kier alpha value is -0.290. The van der Waals surface area contributed by atoms with Crippen LogP contribution in [0.25, 0.3) is 0 Å². The van der Waals surface area contributed by atoms with Crippen molar-refractivity contribution in [2.75, 3.05) is 0 Å². The summed E-state index contributed by atoms with van der Waals surface area (Å²) in [4.78, 5) is 0. The third-order valence-electron chi connectivity index (χ3n) is 3.06. The summed E-state index contributed by atoms with van der Waals surface area (Å²) >= 11 is 0. The molecule has 1 unspecified atom stereocenters. The molecule has 1 saturated carbocycles. The van der Waals surface area contributed by atoms with Gasteiger partial charge in [-0.2, -0.15) is 13.2 Å². The molecule has 0 bridgehead atoms. The monoisotopic (exact) mass is 224 g/mol. The van der Waals surface area contributed by atoms with E-state index in [9.17, 15) is 13.2 Å². The fourth-order valence-electron chi connectivity index (χ4n) is 2.31. The molecule has 0 heterocycles. The minimum Gasteiger partial charge on any atom is -0.271 e. The van der Waals surface area contributed by atoms with Crippen molar-refractivity contribution in [2.24, 2.45) is 11.8 Å². The van der Waals surface area contributed by atoms with E-state index < -0.39 is 18.6 Å². The van der Waals surface area contributed by atoms with Gasteiger partial charge in [-0.25, -0.2) is 0 Å². The molecule has 0 radical (unpaired) electrons. The number of hydrogen-bond donors (Lipinski definition) is 2. The Kier molecular flexibility index (Phi) is 4.86. The van der Waals surface area contributed by atoms with Crippen LogP contribution in [0.15, 0.2) is 0 Å². The lowest BCUT2D eigenvalue weighted by Gasteiger charge is -2.26. The highest BCUT2D eigenvalue weighted by atomic mass is 19.4. The van der Waals surface area contributed by atoms with Gasteiger partial charge in [-0.3, -0.25) is 11.3 Å². The Labute approximate surface area is 88.4 Å². The first kappa shape index (κ1) is 12.8.